The SMILES string of the molecule is CC1(NC2(c3cccc(Cl)c3)CC2)Nc2ccccc2NC12CCCCC2. The van der Waals surface area contributed by atoms with E-state index in [9.17, 15) is 0 Å². The van der Waals surface area contributed by atoms with Crippen molar-refractivity contribution in [3.8, 4) is 0 Å². The van der Waals surface area contributed by atoms with Crippen LogP contribution >= 0.6 is 11.6 Å². The lowest BCUT2D eigenvalue weighted by Crippen LogP contribution is -2.73. The number of rotatable bonds is 3. The van der Waals surface area contributed by atoms with Crippen LogP contribution in [-0.4, -0.2) is 11.2 Å². The minimum Gasteiger partial charge on any atom is -0.374 e. The third-order valence-corrected chi connectivity index (χ3v) is 7.20. The summed E-state index contributed by atoms with van der Waals surface area (Å²) >= 11 is 6.31. The molecule has 142 valence electrons. The molecular formula is C23H28ClN3. The van der Waals surface area contributed by atoms with Crippen molar-refractivity contribution in [2.45, 2.75) is 68.6 Å². The fraction of sp³-hybridized carbons (Fsp3) is 0.478. The van der Waals surface area contributed by atoms with Crippen molar-refractivity contribution in [3.05, 3.63) is 59.1 Å². The van der Waals surface area contributed by atoms with Gasteiger partial charge in [0.25, 0.3) is 0 Å². The van der Waals surface area contributed by atoms with Crippen molar-refractivity contribution in [1.82, 2.24) is 5.32 Å². The predicted molar refractivity (Wildman–Crippen MR) is 113 cm³/mol. The number of benzene rings is 2. The van der Waals surface area contributed by atoms with Crippen LogP contribution in [0.5, 0.6) is 0 Å². The number of nitrogens with one attached hydrogen (secondary N) is 3. The Balaban J connectivity index is 1.54. The Hall–Kier alpha value is -1.71. The molecule has 2 saturated carbocycles. The van der Waals surface area contributed by atoms with Crippen molar-refractivity contribution in [2.24, 2.45) is 0 Å². The summed E-state index contributed by atoms with van der Waals surface area (Å²) in [5.74, 6) is 0. The Morgan fingerprint density at radius 2 is 1.56 bits per heavy atom. The summed E-state index contributed by atoms with van der Waals surface area (Å²) in [6.07, 6.45) is 8.56. The van der Waals surface area contributed by atoms with Crippen LogP contribution < -0.4 is 16.0 Å². The second-order valence-electron chi connectivity index (χ2n) is 8.78. The van der Waals surface area contributed by atoms with E-state index in [2.05, 4.69) is 65.3 Å². The van der Waals surface area contributed by atoms with Crippen LogP contribution in [0.25, 0.3) is 0 Å². The Morgan fingerprint density at radius 3 is 2.22 bits per heavy atom. The number of hydrogen-bond acceptors (Lipinski definition) is 3. The highest BCUT2D eigenvalue weighted by atomic mass is 35.5. The molecule has 4 heteroatoms. The third kappa shape index (κ3) is 2.83. The highest BCUT2D eigenvalue weighted by Gasteiger charge is 2.57. The molecule has 2 fully saturated rings. The second kappa shape index (κ2) is 6.15. The van der Waals surface area contributed by atoms with E-state index < -0.39 is 0 Å². The first kappa shape index (κ1) is 17.4. The van der Waals surface area contributed by atoms with E-state index in [0.29, 0.717) is 0 Å². The van der Waals surface area contributed by atoms with Gasteiger partial charge in [0.15, 0.2) is 0 Å². The summed E-state index contributed by atoms with van der Waals surface area (Å²) in [4.78, 5) is 0. The molecule has 5 rings (SSSR count). The Kier molecular flexibility index (Phi) is 3.96. The van der Waals surface area contributed by atoms with Crippen molar-refractivity contribution >= 4 is 23.0 Å². The molecule has 1 unspecified atom stereocenters. The van der Waals surface area contributed by atoms with E-state index in [0.717, 1.165) is 17.9 Å². The average Bonchev–Trinajstić information content (AvgIpc) is 3.44. The molecule has 0 aromatic heterocycles. The molecule has 3 aliphatic rings. The van der Waals surface area contributed by atoms with Crippen LogP contribution in [-0.2, 0) is 5.54 Å². The van der Waals surface area contributed by atoms with Gasteiger partial charge >= 0.3 is 0 Å². The molecule has 1 heterocycles. The first-order chi connectivity index (χ1) is 13.0. The molecule has 27 heavy (non-hydrogen) atoms. The van der Waals surface area contributed by atoms with Gasteiger partial charge in [-0.25, -0.2) is 0 Å². The molecule has 1 aliphatic heterocycles. The summed E-state index contributed by atoms with van der Waals surface area (Å²) in [6, 6.07) is 17.0. The third-order valence-electron chi connectivity index (χ3n) is 6.97. The smallest absolute Gasteiger partial charge is 0.110 e. The number of hydrogen-bond donors (Lipinski definition) is 3. The van der Waals surface area contributed by atoms with Crippen LogP contribution in [0.3, 0.4) is 0 Å². The molecule has 1 atom stereocenters. The lowest BCUT2D eigenvalue weighted by Gasteiger charge is -2.57. The van der Waals surface area contributed by atoms with Crippen molar-refractivity contribution in [3.63, 3.8) is 0 Å². The highest BCUT2D eigenvalue weighted by Crippen LogP contribution is 2.52. The zero-order chi connectivity index (χ0) is 18.5. The largest absolute Gasteiger partial charge is 0.374 e. The summed E-state index contributed by atoms with van der Waals surface area (Å²) in [6.45, 7) is 2.35. The van der Waals surface area contributed by atoms with Crippen LogP contribution in [0.4, 0.5) is 11.4 Å². The highest BCUT2D eigenvalue weighted by molar-refractivity contribution is 6.30. The van der Waals surface area contributed by atoms with E-state index in [1.54, 1.807) is 0 Å². The number of anilines is 2. The normalized spacial score (nSPS) is 27.3. The van der Waals surface area contributed by atoms with Crippen molar-refractivity contribution < 1.29 is 0 Å². The van der Waals surface area contributed by atoms with Gasteiger partial charge in [0.05, 0.1) is 16.9 Å². The van der Waals surface area contributed by atoms with E-state index in [1.807, 2.05) is 6.07 Å². The molecule has 2 aromatic carbocycles. The van der Waals surface area contributed by atoms with E-state index >= 15 is 0 Å². The second-order valence-corrected chi connectivity index (χ2v) is 9.22. The first-order valence-corrected chi connectivity index (χ1v) is 10.6. The van der Waals surface area contributed by atoms with E-state index in [1.165, 1.54) is 49.0 Å². The minimum atomic E-state index is -0.222. The molecular weight excluding hydrogens is 354 g/mol. The van der Waals surface area contributed by atoms with E-state index in [-0.39, 0.29) is 16.7 Å². The van der Waals surface area contributed by atoms with Crippen LogP contribution in [0, 0.1) is 0 Å². The van der Waals surface area contributed by atoms with E-state index in [4.69, 9.17) is 11.6 Å². The molecule has 1 spiro atoms. The van der Waals surface area contributed by atoms with Gasteiger partial charge in [-0.15, -0.1) is 0 Å². The quantitative estimate of drug-likeness (QED) is 0.621. The minimum absolute atomic E-state index is 0.0189. The topological polar surface area (TPSA) is 36.1 Å². The van der Waals surface area contributed by atoms with Gasteiger partial charge in [0, 0.05) is 10.6 Å². The van der Waals surface area contributed by atoms with Gasteiger partial charge in [0.2, 0.25) is 0 Å². The fourth-order valence-electron chi connectivity index (χ4n) is 5.28. The van der Waals surface area contributed by atoms with Gasteiger partial charge in [-0.1, -0.05) is 55.1 Å². The molecule has 3 N–H and O–H groups in total. The van der Waals surface area contributed by atoms with Crippen molar-refractivity contribution in [2.75, 3.05) is 10.6 Å². The maximum absolute atomic E-state index is 6.31. The fourth-order valence-corrected chi connectivity index (χ4v) is 5.47. The maximum atomic E-state index is 6.31. The van der Waals surface area contributed by atoms with Gasteiger partial charge in [-0.3, -0.25) is 5.32 Å². The zero-order valence-corrected chi connectivity index (χ0v) is 16.7. The summed E-state index contributed by atoms with van der Waals surface area (Å²) in [7, 11) is 0. The van der Waals surface area contributed by atoms with Gasteiger partial charge < -0.3 is 10.6 Å². The molecule has 2 aliphatic carbocycles. The van der Waals surface area contributed by atoms with Gasteiger partial charge in [-0.05, 0) is 62.4 Å². The Morgan fingerprint density at radius 1 is 0.852 bits per heavy atom. The monoisotopic (exact) mass is 381 g/mol. The molecule has 0 amide bonds. The van der Waals surface area contributed by atoms with Gasteiger partial charge in [-0.2, -0.15) is 0 Å². The summed E-state index contributed by atoms with van der Waals surface area (Å²) in [5.41, 5.74) is 3.54. The molecule has 3 nitrogen and oxygen atoms in total. The predicted octanol–water partition coefficient (Wildman–Crippen LogP) is 5.88. The molecule has 0 bridgehead atoms. The molecule has 0 saturated heterocycles. The maximum Gasteiger partial charge on any atom is 0.110 e. The first-order valence-electron chi connectivity index (χ1n) is 10.3. The van der Waals surface area contributed by atoms with Crippen LogP contribution in [0.2, 0.25) is 5.02 Å². The number of fused-ring (bicyclic) bond motifs is 1. The lowest BCUT2D eigenvalue weighted by molar-refractivity contribution is 0.154. The molecule has 2 aromatic rings. The van der Waals surface area contributed by atoms with Crippen LogP contribution in [0.15, 0.2) is 48.5 Å². The average molecular weight is 382 g/mol. The van der Waals surface area contributed by atoms with Crippen LogP contribution in [0.1, 0.15) is 57.4 Å². The standard InChI is InChI=1S/C23H28ClN3/c1-21(27-22(14-15-22)17-8-7-9-18(24)16-17)23(12-5-2-6-13-23)26-20-11-4-3-10-19(20)25-21/h3-4,7-11,16,25-27H,2,5-6,12-15H2,1H3. The number of para-hydroxylation sites is 2. The summed E-state index contributed by atoms with van der Waals surface area (Å²) < 4.78 is 0. The Labute approximate surface area is 166 Å². The van der Waals surface area contributed by atoms with Gasteiger partial charge in [0.1, 0.15) is 5.66 Å². The number of halogens is 1. The lowest BCUT2D eigenvalue weighted by atomic mass is 9.70. The molecule has 0 radical (unpaired) electrons. The zero-order valence-electron chi connectivity index (χ0n) is 15.9. The van der Waals surface area contributed by atoms with Crippen molar-refractivity contribution in [1.29, 1.82) is 0 Å². The Bertz CT molecular complexity index is 854. The summed E-state index contributed by atoms with van der Waals surface area (Å²) in [5, 5.41) is 12.8.